The van der Waals surface area contributed by atoms with Gasteiger partial charge in [-0.15, -0.1) is 0 Å². The highest BCUT2D eigenvalue weighted by molar-refractivity contribution is 7.89. The predicted octanol–water partition coefficient (Wildman–Crippen LogP) is 6.46. The Kier molecular flexibility index (Phi) is 7.26. The lowest BCUT2D eigenvalue weighted by Gasteiger charge is -2.48. The van der Waals surface area contributed by atoms with Gasteiger partial charge in [-0.05, 0) is 36.9 Å². The molecule has 160 valence electrons. The first-order chi connectivity index (χ1) is 12.9. The van der Waals surface area contributed by atoms with Crippen molar-refractivity contribution in [3.05, 3.63) is 29.8 Å². The van der Waals surface area contributed by atoms with Crippen LogP contribution in [-0.2, 0) is 10.0 Å². The molecule has 0 aliphatic carbocycles. The number of hydrogen-bond donors (Lipinski definition) is 0. The summed E-state index contributed by atoms with van der Waals surface area (Å²) in [5.41, 5.74) is 3.54. The van der Waals surface area contributed by atoms with Crippen LogP contribution in [0.3, 0.4) is 0 Å². The molecule has 1 aromatic rings. The first-order valence-electron chi connectivity index (χ1n) is 10.9. The summed E-state index contributed by atoms with van der Waals surface area (Å²) in [4.78, 5) is 0.440. The minimum atomic E-state index is -3.46. The van der Waals surface area contributed by atoms with E-state index in [2.05, 4.69) is 55.4 Å². The van der Waals surface area contributed by atoms with Crippen LogP contribution in [0.15, 0.2) is 29.2 Å². The van der Waals surface area contributed by atoms with Crippen molar-refractivity contribution in [3.63, 3.8) is 0 Å². The number of sulfonamides is 1. The molecule has 28 heavy (non-hydrogen) atoms. The topological polar surface area (TPSA) is 37.4 Å². The second-order valence-corrected chi connectivity index (χ2v) is 18.3. The molecule has 0 radical (unpaired) electrons. The molecule has 2 rings (SSSR count). The van der Waals surface area contributed by atoms with Crippen LogP contribution in [0.1, 0.15) is 67.4 Å². The molecular formula is C23H41NO2SSi. The lowest BCUT2D eigenvalue weighted by Crippen LogP contribution is -2.50. The van der Waals surface area contributed by atoms with Crippen LogP contribution in [0, 0.1) is 12.8 Å². The van der Waals surface area contributed by atoms with Crippen LogP contribution in [0.4, 0.5) is 0 Å². The number of aryl methyl sites for hydroxylation is 1. The van der Waals surface area contributed by atoms with Gasteiger partial charge in [-0.2, -0.15) is 4.31 Å². The molecule has 2 unspecified atom stereocenters. The molecule has 1 aromatic carbocycles. The average molecular weight is 424 g/mol. The minimum Gasteiger partial charge on any atom is -0.207 e. The fraction of sp³-hybridized carbons (Fsp3) is 0.739. The van der Waals surface area contributed by atoms with Crippen molar-refractivity contribution in [1.82, 2.24) is 4.31 Å². The fourth-order valence-corrected chi connectivity index (χ4v) is 16.3. The van der Waals surface area contributed by atoms with Crippen molar-refractivity contribution < 1.29 is 8.42 Å². The van der Waals surface area contributed by atoms with E-state index >= 15 is 0 Å². The monoisotopic (exact) mass is 423 g/mol. The van der Waals surface area contributed by atoms with Gasteiger partial charge in [0.05, 0.1) is 13.0 Å². The van der Waals surface area contributed by atoms with Crippen LogP contribution in [0.5, 0.6) is 0 Å². The predicted molar refractivity (Wildman–Crippen MR) is 123 cm³/mol. The number of rotatable bonds is 7. The standard InChI is InChI=1S/C23H41NO2SSi/c1-16(2)23-14-22(28(17(3)4,18(5)6)19(7)8)15-24(23)27(25,26)21-12-10-20(9)11-13-21/h10-13,16-19,22-23H,14-15H2,1-9H3. The molecule has 1 aliphatic rings. The van der Waals surface area contributed by atoms with Gasteiger partial charge in [-0.25, -0.2) is 8.42 Å². The summed E-state index contributed by atoms with van der Waals surface area (Å²) >= 11 is 0. The maximum atomic E-state index is 13.6. The SMILES string of the molecule is Cc1ccc(S(=O)(=O)N2CC([Si](C(C)C)(C(C)C)C(C)C)CC2C(C)C)cc1. The Morgan fingerprint density at radius 2 is 1.36 bits per heavy atom. The summed E-state index contributed by atoms with van der Waals surface area (Å²) in [5, 5.41) is 0. The first-order valence-corrected chi connectivity index (χ1v) is 14.7. The molecule has 0 aromatic heterocycles. The van der Waals surface area contributed by atoms with Crippen LogP contribution in [0.2, 0.25) is 22.2 Å². The zero-order valence-corrected chi connectivity index (χ0v) is 21.2. The molecule has 5 heteroatoms. The highest BCUT2D eigenvalue weighted by Crippen LogP contribution is 2.54. The van der Waals surface area contributed by atoms with E-state index in [0.29, 0.717) is 39.5 Å². The molecule has 2 atom stereocenters. The summed E-state index contributed by atoms with van der Waals surface area (Å²) in [6.45, 7) is 21.3. The van der Waals surface area contributed by atoms with Crippen molar-refractivity contribution in [2.24, 2.45) is 5.92 Å². The molecule has 0 amide bonds. The highest BCUT2D eigenvalue weighted by atomic mass is 32.2. The molecule has 1 saturated heterocycles. The second kappa shape index (κ2) is 8.61. The third kappa shape index (κ3) is 3.99. The Balaban J connectivity index is 2.51. The number of benzene rings is 1. The van der Waals surface area contributed by atoms with Gasteiger partial charge in [0.25, 0.3) is 0 Å². The summed E-state index contributed by atoms with van der Waals surface area (Å²) in [6, 6.07) is 7.45. The van der Waals surface area contributed by atoms with Crippen LogP contribution in [-0.4, -0.2) is 33.4 Å². The maximum absolute atomic E-state index is 13.6. The third-order valence-corrected chi connectivity index (χ3v) is 17.1. The Bertz CT molecular complexity index is 732. The average Bonchev–Trinajstić information content (AvgIpc) is 3.01. The van der Waals surface area contributed by atoms with E-state index < -0.39 is 18.1 Å². The Morgan fingerprint density at radius 1 is 0.893 bits per heavy atom. The summed E-state index contributed by atoms with van der Waals surface area (Å²) in [5.74, 6) is 0.323. The Morgan fingerprint density at radius 3 is 1.75 bits per heavy atom. The van der Waals surface area contributed by atoms with Gasteiger partial charge in [0.15, 0.2) is 0 Å². The van der Waals surface area contributed by atoms with Gasteiger partial charge in [0, 0.05) is 12.6 Å². The van der Waals surface area contributed by atoms with Gasteiger partial charge in [0.2, 0.25) is 10.0 Å². The van der Waals surface area contributed by atoms with Crippen molar-refractivity contribution in [3.8, 4) is 0 Å². The van der Waals surface area contributed by atoms with E-state index in [9.17, 15) is 8.42 Å². The molecular weight excluding hydrogens is 382 g/mol. The van der Waals surface area contributed by atoms with E-state index in [0.717, 1.165) is 12.0 Å². The lowest BCUT2D eigenvalue weighted by atomic mass is 10.0. The van der Waals surface area contributed by atoms with Crippen LogP contribution >= 0.6 is 0 Å². The van der Waals surface area contributed by atoms with Gasteiger partial charge < -0.3 is 0 Å². The van der Waals surface area contributed by atoms with E-state index in [1.54, 1.807) is 12.1 Å². The molecule has 1 heterocycles. The molecule has 0 saturated carbocycles. The fourth-order valence-electron chi connectivity index (χ4n) is 6.34. The summed E-state index contributed by atoms with van der Waals surface area (Å²) in [7, 11) is -5.18. The highest BCUT2D eigenvalue weighted by Gasteiger charge is 2.54. The van der Waals surface area contributed by atoms with Crippen LogP contribution in [0.25, 0.3) is 0 Å². The second-order valence-electron chi connectivity index (χ2n) is 10.1. The quantitative estimate of drug-likeness (QED) is 0.472. The Labute approximate surface area is 175 Å². The normalized spacial score (nSPS) is 22.2. The maximum Gasteiger partial charge on any atom is 0.243 e. The van der Waals surface area contributed by atoms with Crippen LogP contribution < -0.4 is 0 Å². The molecule has 0 N–H and O–H groups in total. The minimum absolute atomic E-state index is 0.0967. The summed E-state index contributed by atoms with van der Waals surface area (Å²) in [6.07, 6.45) is 1.02. The van der Waals surface area contributed by atoms with Crippen molar-refractivity contribution >= 4 is 18.1 Å². The molecule has 1 fully saturated rings. The third-order valence-electron chi connectivity index (χ3n) is 7.40. The summed E-state index contributed by atoms with van der Waals surface area (Å²) < 4.78 is 29.0. The first kappa shape index (κ1) is 23.6. The lowest BCUT2D eigenvalue weighted by molar-refractivity contribution is 0.316. The Hall–Kier alpha value is -0.653. The number of nitrogens with zero attached hydrogens (tertiary/aromatic N) is 1. The largest absolute Gasteiger partial charge is 0.243 e. The molecule has 0 bridgehead atoms. The van der Waals surface area contributed by atoms with E-state index in [1.165, 1.54) is 0 Å². The van der Waals surface area contributed by atoms with E-state index in [1.807, 2.05) is 23.4 Å². The van der Waals surface area contributed by atoms with Gasteiger partial charge in [0.1, 0.15) is 0 Å². The molecule has 1 aliphatic heterocycles. The van der Waals surface area contributed by atoms with Gasteiger partial charge in [-0.3, -0.25) is 0 Å². The zero-order valence-electron chi connectivity index (χ0n) is 19.4. The smallest absolute Gasteiger partial charge is 0.207 e. The van der Waals surface area contributed by atoms with E-state index in [4.69, 9.17) is 0 Å². The number of hydrogen-bond acceptors (Lipinski definition) is 2. The van der Waals surface area contributed by atoms with E-state index in [-0.39, 0.29) is 6.04 Å². The van der Waals surface area contributed by atoms with Crippen molar-refractivity contribution in [2.75, 3.05) is 6.54 Å². The molecule has 0 spiro atoms. The van der Waals surface area contributed by atoms with Gasteiger partial charge in [-0.1, -0.05) is 89.7 Å². The van der Waals surface area contributed by atoms with Crippen molar-refractivity contribution in [2.45, 2.75) is 102 Å². The molecule has 3 nitrogen and oxygen atoms in total. The van der Waals surface area contributed by atoms with Gasteiger partial charge >= 0.3 is 0 Å². The zero-order chi connectivity index (χ0) is 21.4. The van der Waals surface area contributed by atoms with Crippen molar-refractivity contribution in [1.29, 1.82) is 0 Å².